The van der Waals surface area contributed by atoms with Crippen LogP contribution >= 0.6 is 24.0 Å². The lowest BCUT2D eigenvalue weighted by molar-refractivity contribution is 0.187. The summed E-state index contributed by atoms with van der Waals surface area (Å²) < 4.78 is 15.5. The van der Waals surface area contributed by atoms with E-state index < -0.39 is 6.09 Å². The largest absolute Gasteiger partial charge is 0.493 e. The maximum atomic E-state index is 11.2. The molecule has 0 aliphatic rings. The zero-order valence-corrected chi connectivity index (χ0v) is 20.0. The van der Waals surface area contributed by atoms with Gasteiger partial charge in [-0.15, -0.1) is 24.0 Å². The Morgan fingerprint density at radius 1 is 0.967 bits per heavy atom. The summed E-state index contributed by atoms with van der Waals surface area (Å²) in [7, 11) is 2.94. The van der Waals surface area contributed by atoms with Crippen LogP contribution in [-0.4, -0.2) is 39.4 Å². The lowest BCUT2D eigenvalue weighted by atomic mass is 10.2. The first kappa shape index (κ1) is 25.3. The lowest BCUT2D eigenvalue weighted by Crippen LogP contribution is -2.30. The standard InChI is InChI=1S/C21H28N4O4.HI/c1-5-22-20(24-17-11-12-18(27-3)19(13-17)29-6-2)23-14-15-7-9-16(10-8-15)25-21(26)28-4;/h7-13H,5-6,14H2,1-4H3,(H,25,26)(H2,22,23,24);1H. The Bertz CT molecular complexity index is 828. The van der Waals surface area contributed by atoms with Gasteiger partial charge in [-0.1, -0.05) is 12.1 Å². The molecule has 0 heterocycles. The predicted molar refractivity (Wildman–Crippen MR) is 130 cm³/mol. The van der Waals surface area contributed by atoms with Gasteiger partial charge in [0.1, 0.15) is 0 Å². The zero-order chi connectivity index (χ0) is 21.1. The number of rotatable bonds is 8. The van der Waals surface area contributed by atoms with Gasteiger partial charge in [0, 0.05) is 24.0 Å². The topological polar surface area (TPSA) is 93.2 Å². The number of carbonyl (C=O) groups is 1. The van der Waals surface area contributed by atoms with E-state index in [1.165, 1.54) is 7.11 Å². The van der Waals surface area contributed by atoms with E-state index in [0.29, 0.717) is 36.3 Å². The Kier molecular flexibility index (Phi) is 11.4. The van der Waals surface area contributed by atoms with Gasteiger partial charge in [-0.05, 0) is 43.7 Å². The Labute approximate surface area is 194 Å². The molecule has 1 amide bonds. The summed E-state index contributed by atoms with van der Waals surface area (Å²) in [6.45, 7) is 5.68. The number of methoxy groups -OCH3 is 2. The second-order valence-electron chi connectivity index (χ2n) is 5.93. The molecule has 0 aromatic heterocycles. The number of ether oxygens (including phenoxy) is 3. The Balaban J connectivity index is 0.00000450. The molecule has 2 aromatic carbocycles. The molecule has 8 nitrogen and oxygen atoms in total. The third-order valence-corrected chi connectivity index (χ3v) is 3.88. The molecule has 0 spiro atoms. The minimum Gasteiger partial charge on any atom is -0.493 e. The molecule has 3 N–H and O–H groups in total. The second kappa shape index (κ2) is 13.5. The van der Waals surface area contributed by atoms with Gasteiger partial charge < -0.3 is 24.8 Å². The van der Waals surface area contributed by atoms with Crippen molar-refractivity contribution in [3.8, 4) is 11.5 Å². The van der Waals surface area contributed by atoms with Gasteiger partial charge in [-0.3, -0.25) is 5.32 Å². The highest BCUT2D eigenvalue weighted by Gasteiger charge is 2.07. The van der Waals surface area contributed by atoms with E-state index in [4.69, 9.17) is 9.47 Å². The molecule has 0 fully saturated rings. The van der Waals surface area contributed by atoms with Crippen molar-refractivity contribution in [2.75, 3.05) is 38.0 Å². The molecule has 0 radical (unpaired) electrons. The molecular weight excluding hydrogens is 499 g/mol. The molecule has 30 heavy (non-hydrogen) atoms. The van der Waals surface area contributed by atoms with Crippen LogP contribution in [0.4, 0.5) is 16.2 Å². The molecule has 0 aliphatic heterocycles. The Hall–Kier alpha value is -2.69. The molecule has 2 rings (SSSR count). The first-order valence-electron chi connectivity index (χ1n) is 9.39. The molecule has 0 bridgehead atoms. The van der Waals surface area contributed by atoms with Gasteiger partial charge in [0.05, 0.1) is 27.4 Å². The minimum atomic E-state index is -0.500. The summed E-state index contributed by atoms with van der Waals surface area (Å²) in [5.74, 6) is 2.00. The third-order valence-electron chi connectivity index (χ3n) is 3.88. The molecule has 164 valence electrons. The summed E-state index contributed by atoms with van der Waals surface area (Å²) in [6.07, 6.45) is -0.500. The van der Waals surface area contributed by atoms with Crippen molar-refractivity contribution in [3.05, 3.63) is 48.0 Å². The molecule has 0 saturated carbocycles. The maximum Gasteiger partial charge on any atom is 0.411 e. The number of aliphatic imine (C=N–C) groups is 1. The fourth-order valence-corrected chi connectivity index (χ4v) is 2.50. The Morgan fingerprint density at radius 3 is 2.27 bits per heavy atom. The molecule has 0 aliphatic carbocycles. The number of hydrogen-bond acceptors (Lipinski definition) is 5. The normalized spacial score (nSPS) is 10.5. The predicted octanol–water partition coefficient (Wildman–Crippen LogP) is 4.47. The number of nitrogens with zero attached hydrogens (tertiary/aromatic N) is 1. The van der Waals surface area contributed by atoms with E-state index in [1.54, 1.807) is 19.2 Å². The van der Waals surface area contributed by atoms with Crippen LogP contribution in [-0.2, 0) is 11.3 Å². The van der Waals surface area contributed by atoms with Crippen LogP contribution in [0.25, 0.3) is 0 Å². The van der Waals surface area contributed by atoms with Crippen molar-refractivity contribution in [1.82, 2.24) is 5.32 Å². The van der Waals surface area contributed by atoms with E-state index in [1.807, 2.05) is 44.2 Å². The summed E-state index contributed by atoms with van der Waals surface area (Å²) in [6, 6.07) is 13.0. The maximum absolute atomic E-state index is 11.2. The summed E-state index contributed by atoms with van der Waals surface area (Å²) in [5.41, 5.74) is 2.50. The van der Waals surface area contributed by atoms with Crippen LogP contribution in [0.2, 0.25) is 0 Å². The van der Waals surface area contributed by atoms with Crippen LogP contribution in [0.5, 0.6) is 11.5 Å². The van der Waals surface area contributed by atoms with Crippen LogP contribution in [0.15, 0.2) is 47.5 Å². The average Bonchev–Trinajstić information content (AvgIpc) is 2.73. The number of carbonyl (C=O) groups excluding carboxylic acids is 1. The van der Waals surface area contributed by atoms with E-state index in [9.17, 15) is 4.79 Å². The van der Waals surface area contributed by atoms with Crippen molar-refractivity contribution in [2.45, 2.75) is 20.4 Å². The highest BCUT2D eigenvalue weighted by atomic mass is 127. The van der Waals surface area contributed by atoms with Crippen molar-refractivity contribution in [1.29, 1.82) is 0 Å². The van der Waals surface area contributed by atoms with Crippen molar-refractivity contribution < 1.29 is 19.0 Å². The van der Waals surface area contributed by atoms with Gasteiger partial charge >= 0.3 is 6.09 Å². The summed E-state index contributed by atoms with van der Waals surface area (Å²) in [4.78, 5) is 15.9. The summed E-state index contributed by atoms with van der Waals surface area (Å²) in [5, 5.41) is 9.11. The van der Waals surface area contributed by atoms with Gasteiger partial charge in [-0.25, -0.2) is 9.79 Å². The highest BCUT2D eigenvalue weighted by molar-refractivity contribution is 14.0. The first-order chi connectivity index (χ1) is 14.1. The molecular formula is C21H29IN4O4. The van der Waals surface area contributed by atoms with Gasteiger partial charge in [0.25, 0.3) is 0 Å². The van der Waals surface area contributed by atoms with Crippen molar-refractivity contribution in [3.63, 3.8) is 0 Å². The number of amides is 1. The SMILES string of the molecule is CCNC(=NCc1ccc(NC(=O)OC)cc1)Nc1ccc(OC)c(OCC)c1.I. The van der Waals surface area contributed by atoms with Crippen molar-refractivity contribution in [2.24, 2.45) is 4.99 Å². The number of benzene rings is 2. The number of guanidine groups is 1. The summed E-state index contributed by atoms with van der Waals surface area (Å²) >= 11 is 0. The minimum absolute atomic E-state index is 0. The van der Waals surface area contributed by atoms with Crippen LogP contribution in [0.3, 0.4) is 0 Å². The van der Waals surface area contributed by atoms with E-state index in [0.717, 1.165) is 17.8 Å². The molecule has 2 aromatic rings. The molecule has 0 saturated heterocycles. The lowest BCUT2D eigenvalue weighted by Gasteiger charge is -2.14. The fraction of sp³-hybridized carbons (Fsp3) is 0.333. The highest BCUT2D eigenvalue weighted by Crippen LogP contribution is 2.30. The monoisotopic (exact) mass is 528 g/mol. The molecule has 0 unspecified atom stereocenters. The Morgan fingerprint density at radius 2 is 1.67 bits per heavy atom. The fourth-order valence-electron chi connectivity index (χ4n) is 2.50. The first-order valence-corrected chi connectivity index (χ1v) is 9.39. The van der Waals surface area contributed by atoms with Crippen LogP contribution in [0, 0.1) is 0 Å². The third kappa shape index (κ3) is 7.97. The van der Waals surface area contributed by atoms with Crippen LogP contribution < -0.4 is 25.4 Å². The number of nitrogens with one attached hydrogen (secondary N) is 3. The average molecular weight is 528 g/mol. The van der Waals surface area contributed by atoms with Gasteiger partial charge in [-0.2, -0.15) is 0 Å². The molecule has 0 atom stereocenters. The quantitative estimate of drug-likeness (QED) is 0.266. The smallest absolute Gasteiger partial charge is 0.411 e. The van der Waals surface area contributed by atoms with E-state index >= 15 is 0 Å². The van der Waals surface area contributed by atoms with Crippen LogP contribution in [0.1, 0.15) is 19.4 Å². The number of anilines is 2. The van der Waals surface area contributed by atoms with Gasteiger partial charge in [0.2, 0.25) is 0 Å². The van der Waals surface area contributed by atoms with E-state index in [2.05, 4.69) is 25.7 Å². The number of hydrogen-bond donors (Lipinski definition) is 3. The van der Waals surface area contributed by atoms with E-state index in [-0.39, 0.29) is 24.0 Å². The number of halogens is 1. The van der Waals surface area contributed by atoms with Crippen molar-refractivity contribution >= 4 is 47.4 Å². The zero-order valence-electron chi connectivity index (χ0n) is 17.7. The molecule has 9 heteroatoms. The second-order valence-corrected chi connectivity index (χ2v) is 5.93. The van der Waals surface area contributed by atoms with Gasteiger partial charge in [0.15, 0.2) is 17.5 Å².